The molecule has 0 aromatic heterocycles. The molecule has 1 aliphatic rings. The Morgan fingerprint density at radius 1 is 1.29 bits per heavy atom. The van der Waals surface area contributed by atoms with Gasteiger partial charge in [0.1, 0.15) is 0 Å². The van der Waals surface area contributed by atoms with E-state index in [4.69, 9.17) is 0 Å². The Morgan fingerprint density at radius 3 is 2.82 bits per heavy atom. The van der Waals surface area contributed by atoms with Gasteiger partial charge in [-0.15, -0.1) is 0 Å². The zero-order valence-corrected chi connectivity index (χ0v) is 11.3. The first kappa shape index (κ1) is 14.5. The minimum absolute atomic E-state index is 0.116. The van der Waals surface area contributed by atoms with Gasteiger partial charge >= 0.3 is 5.97 Å². The summed E-state index contributed by atoms with van der Waals surface area (Å²) in [5.41, 5.74) is 0. The minimum atomic E-state index is -0.116. The summed E-state index contributed by atoms with van der Waals surface area (Å²) < 4.78 is 4.63. The van der Waals surface area contributed by atoms with Crippen molar-refractivity contribution in [2.45, 2.75) is 64.3 Å². The zero-order chi connectivity index (χ0) is 12.5. The van der Waals surface area contributed by atoms with Gasteiger partial charge in [-0.25, -0.2) is 0 Å². The van der Waals surface area contributed by atoms with Crippen LogP contribution in [0.15, 0.2) is 0 Å². The topological polar surface area (TPSA) is 38.3 Å². The van der Waals surface area contributed by atoms with E-state index in [0.717, 1.165) is 12.5 Å². The van der Waals surface area contributed by atoms with Crippen LogP contribution in [0.4, 0.5) is 0 Å². The van der Waals surface area contributed by atoms with Crippen molar-refractivity contribution in [3.8, 4) is 0 Å². The average molecular weight is 241 g/mol. The number of rotatable bonds is 6. The van der Waals surface area contributed by atoms with E-state index in [0.29, 0.717) is 12.5 Å². The third kappa shape index (κ3) is 6.06. The Bertz CT molecular complexity index is 218. The molecule has 1 rings (SSSR count). The second kappa shape index (κ2) is 8.51. The molecule has 0 aromatic carbocycles. The quantitative estimate of drug-likeness (QED) is 0.574. The molecule has 3 heteroatoms. The van der Waals surface area contributed by atoms with Crippen molar-refractivity contribution in [3.63, 3.8) is 0 Å². The zero-order valence-electron chi connectivity index (χ0n) is 11.3. The SMILES string of the molecule is CCCC1CCCC(NCCC(=O)OC)CC1. The van der Waals surface area contributed by atoms with E-state index < -0.39 is 0 Å². The van der Waals surface area contributed by atoms with E-state index in [9.17, 15) is 4.79 Å². The first-order valence-electron chi connectivity index (χ1n) is 7.06. The highest BCUT2D eigenvalue weighted by atomic mass is 16.5. The van der Waals surface area contributed by atoms with Gasteiger partial charge in [0.15, 0.2) is 0 Å². The summed E-state index contributed by atoms with van der Waals surface area (Å²) in [6.45, 7) is 3.03. The fourth-order valence-corrected chi connectivity index (χ4v) is 2.76. The molecule has 3 nitrogen and oxygen atoms in total. The summed E-state index contributed by atoms with van der Waals surface area (Å²) in [6.07, 6.45) is 9.80. The number of hydrogen-bond acceptors (Lipinski definition) is 3. The lowest BCUT2D eigenvalue weighted by atomic mass is 9.95. The third-order valence-electron chi connectivity index (χ3n) is 3.78. The molecule has 0 spiro atoms. The summed E-state index contributed by atoms with van der Waals surface area (Å²) in [5.74, 6) is 0.822. The summed E-state index contributed by atoms with van der Waals surface area (Å²) >= 11 is 0. The molecule has 0 heterocycles. The fourth-order valence-electron chi connectivity index (χ4n) is 2.76. The number of hydrogen-bond donors (Lipinski definition) is 1. The maximum Gasteiger partial charge on any atom is 0.306 e. The summed E-state index contributed by atoms with van der Waals surface area (Å²) in [4.78, 5) is 11.0. The van der Waals surface area contributed by atoms with Gasteiger partial charge in [0.25, 0.3) is 0 Å². The Labute approximate surface area is 105 Å². The van der Waals surface area contributed by atoms with E-state index in [1.807, 2.05) is 0 Å². The van der Waals surface area contributed by atoms with E-state index in [-0.39, 0.29) is 5.97 Å². The van der Waals surface area contributed by atoms with Gasteiger partial charge in [0.2, 0.25) is 0 Å². The van der Waals surface area contributed by atoms with Gasteiger partial charge in [-0.05, 0) is 25.2 Å². The van der Waals surface area contributed by atoms with Crippen LogP contribution in [-0.2, 0) is 9.53 Å². The lowest BCUT2D eigenvalue weighted by Crippen LogP contribution is -2.30. The Kier molecular flexibility index (Phi) is 7.25. The Morgan fingerprint density at radius 2 is 2.12 bits per heavy atom. The largest absolute Gasteiger partial charge is 0.469 e. The van der Waals surface area contributed by atoms with Crippen molar-refractivity contribution in [2.24, 2.45) is 5.92 Å². The van der Waals surface area contributed by atoms with Gasteiger partial charge in [0, 0.05) is 12.6 Å². The number of carbonyl (C=O) groups is 1. The number of methoxy groups -OCH3 is 1. The number of carbonyl (C=O) groups excluding carboxylic acids is 1. The van der Waals surface area contributed by atoms with Crippen LogP contribution in [0.25, 0.3) is 0 Å². The Hall–Kier alpha value is -0.570. The van der Waals surface area contributed by atoms with Crippen molar-refractivity contribution < 1.29 is 9.53 Å². The molecular weight excluding hydrogens is 214 g/mol. The van der Waals surface area contributed by atoms with Gasteiger partial charge < -0.3 is 10.1 Å². The second-order valence-corrected chi connectivity index (χ2v) is 5.14. The summed E-state index contributed by atoms with van der Waals surface area (Å²) in [6, 6.07) is 0.613. The minimum Gasteiger partial charge on any atom is -0.469 e. The number of esters is 1. The molecule has 0 aliphatic heterocycles. The van der Waals surface area contributed by atoms with Crippen molar-refractivity contribution in [3.05, 3.63) is 0 Å². The van der Waals surface area contributed by atoms with Crippen LogP contribution < -0.4 is 5.32 Å². The fraction of sp³-hybridized carbons (Fsp3) is 0.929. The number of ether oxygens (including phenoxy) is 1. The average Bonchev–Trinajstić information content (AvgIpc) is 2.55. The van der Waals surface area contributed by atoms with Crippen molar-refractivity contribution >= 4 is 5.97 Å². The maximum atomic E-state index is 11.0. The maximum absolute atomic E-state index is 11.0. The van der Waals surface area contributed by atoms with E-state index >= 15 is 0 Å². The predicted octanol–water partition coefficient (Wildman–Crippen LogP) is 2.89. The summed E-state index contributed by atoms with van der Waals surface area (Å²) in [7, 11) is 1.45. The molecule has 17 heavy (non-hydrogen) atoms. The van der Waals surface area contributed by atoms with Gasteiger partial charge in [-0.2, -0.15) is 0 Å². The molecule has 0 saturated heterocycles. The lowest BCUT2D eigenvalue weighted by molar-refractivity contribution is -0.140. The highest BCUT2D eigenvalue weighted by Gasteiger charge is 2.17. The van der Waals surface area contributed by atoms with Crippen molar-refractivity contribution in [2.75, 3.05) is 13.7 Å². The normalized spacial score (nSPS) is 25.3. The molecule has 1 aliphatic carbocycles. The standard InChI is InChI=1S/C14H27NO2/c1-3-5-12-6-4-7-13(9-8-12)15-11-10-14(16)17-2/h12-13,15H,3-11H2,1-2H3. The smallest absolute Gasteiger partial charge is 0.306 e. The van der Waals surface area contributed by atoms with Gasteiger partial charge in [0.05, 0.1) is 13.5 Å². The molecule has 2 atom stereocenters. The highest BCUT2D eigenvalue weighted by Crippen LogP contribution is 2.26. The van der Waals surface area contributed by atoms with Crippen LogP contribution in [0.3, 0.4) is 0 Å². The van der Waals surface area contributed by atoms with Crippen molar-refractivity contribution in [1.82, 2.24) is 5.32 Å². The number of nitrogens with one attached hydrogen (secondary N) is 1. The van der Waals surface area contributed by atoms with Crippen LogP contribution in [0.2, 0.25) is 0 Å². The van der Waals surface area contributed by atoms with Gasteiger partial charge in [-0.1, -0.05) is 32.6 Å². The van der Waals surface area contributed by atoms with Crippen molar-refractivity contribution in [1.29, 1.82) is 0 Å². The molecule has 0 radical (unpaired) electrons. The van der Waals surface area contributed by atoms with E-state index in [1.165, 1.54) is 52.1 Å². The monoisotopic (exact) mass is 241 g/mol. The second-order valence-electron chi connectivity index (χ2n) is 5.14. The molecule has 2 unspecified atom stereocenters. The van der Waals surface area contributed by atoms with E-state index in [1.54, 1.807) is 0 Å². The van der Waals surface area contributed by atoms with Crippen LogP contribution in [0.1, 0.15) is 58.3 Å². The van der Waals surface area contributed by atoms with Gasteiger partial charge in [-0.3, -0.25) is 4.79 Å². The van der Waals surface area contributed by atoms with Crippen LogP contribution in [0.5, 0.6) is 0 Å². The molecule has 1 N–H and O–H groups in total. The molecule has 1 fully saturated rings. The van der Waals surface area contributed by atoms with Crippen LogP contribution in [-0.4, -0.2) is 25.7 Å². The molecule has 0 bridgehead atoms. The van der Waals surface area contributed by atoms with Crippen LogP contribution >= 0.6 is 0 Å². The summed E-state index contributed by atoms with van der Waals surface area (Å²) in [5, 5.41) is 3.49. The van der Waals surface area contributed by atoms with E-state index in [2.05, 4.69) is 17.0 Å². The predicted molar refractivity (Wildman–Crippen MR) is 69.9 cm³/mol. The van der Waals surface area contributed by atoms with Crippen LogP contribution in [0, 0.1) is 5.92 Å². The molecule has 1 saturated carbocycles. The highest BCUT2D eigenvalue weighted by molar-refractivity contribution is 5.69. The lowest BCUT2D eigenvalue weighted by Gasteiger charge is -2.16. The molecule has 100 valence electrons. The molecule has 0 aromatic rings. The molecule has 0 amide bonds. The molecular formula is C14H27NO2. The Balaban J connectivity index is 2.15. The first-order valence-corrected chi connectivity index (χ1v) is 7.06. The first-order chi connectivity index (χ1) is 8.26. The third-order valence-corrected chi connectivity index (χ3v) is 3.78.